The van der Waals surface area contributed by atoms with Crippen LogP contribution >= 0.6 is 11.3 Å². The van der Waals surface area contributed by atoms with Crippen molar-refractivity contribution in [2.75, 3.05) is 6.61 Å². The summed E-state index contributed by atoms with van der Waals surface area (Å²) >= 11 is 1.60. The number of nitrogens with two attached hydrogens (primary N) is 1. The molecule has 2 N–H and O–H groups in total. The van der Waals surface area contributed by atoms with Crippen molar-refractivity contribution >= 4 is 28.2 Å². The average Bonchev–Trinajstić information content (AvgIpc) is 3.45. The summed E-state index contributed by atoms with van der Waals surface area (Å²) in [6.45, 7) is 7.38. The molecule has 0 spiro atoms. The van der Waals surface area contributed by atoms with Gasteiger partial charge in [-0.2, -0.15) is 0 Å². The van der Waals surface area contributed by atoms with E-state index in [2.05, 4.69) is 26.2 Å². The molecule has 0 radical (unpaired) electrons. The van der Waals surface area contributed by atoms with Crippen LogP contribution in [0.2, 0.25) is 0 Å². The number of para-hydroxylation sites is 1. The summed E-state index contributed by atoms with van der Waals surface area (Å²) in [6, 6.07) is 15.6. The lowest BCUT2D eigenvalue weighted by atomic mass is 9.93. The molecule has 1 amide bonds. The smallest absolute Gasteiger partial charge is 0.217 e. The molecule has 7 heteroatoms. The molecule has 2 heterocycles. The molecule has 0 aliphatic heterocycles. The van der Waals surface area contributed by atoms with Crippen LogP contribution in [0.4, 0.5) is 0 Å². The van der Waals surface area contributed by atoms with Crippen molar-refractivity contribution in [1.82, 2.24) is 4.98 Å². The van der Waals surface area contributed by atoms with E-state index in [1.165, 1.54) is 0 Å². The van der Waals surface area contributed by atoms with Crippen molar-refractivity contribution in [2.24, 2.45) is 5.73 Å². The minimum atomic E-state index is -0.281. The largest absolute Gasteiger partial charge is 0.493 e. The zero-order chi connectivity index (χ0) is 24.1. The van der Waals surface area contributed by atoms with Crippen molar-refractivity contribution in [3.63, 3.8) is 0 Å². The van der Waals surface area contributed by atoms with Crippen molar-refractivity contribution in [3.8, 4) is 22.3 Å². The molecule has 2 aromatic carbocycles. The van der Waals surface area contributed by atoms with Gasteiger partial charge in [0.15, 0.2) is 10.8 Å². The number of rotatable bonds is 10. The van der Waals surface area contributed by atoms with Gasteiger partial charge in [-0.1, -0.05) is 39.0 Å². The van der Waals surface area contributed by atoms with E-state index in [0.29, 0.717) is 19.6 Å². The number of benzene rings is 2. The quantitative estimate of drug-likeness (QED) is 0.264. The fourth-order valence-corrected chi connectivity index (χ4v) is 4.45. The van der Waals surface area contributed by atoms with Crippen LogP contribution in [0.25, 0.3) is 21.7 Å². The van der Waals surface area contributed by atoms with Gasteiger partial charge in [0.05, 0.1) is 12.3 Å². The number of hydrogen-bond acceptors (Lipinski definition) is 6. The monoisotopic (exact) mass is 478 g/mol. The molecule has 0 unspecified atom stereocenters. The minimum Gasteiger partial charge on any atom is -0.493 e. The maximum Gasteiger partial charge on any atom is 0.217 e. The van der Waals surface area contributed by atoms with Crippen molar-refractivity contribution < 1.29 is 18.7 Å². The summed E-state index contributed by atoms with van der Waals surface area (Å²) in [6.07, 6.45) is 1.87. The molecule has 2 aromatic heterocycles. The first kappa shape index (κ1) is 23.8. The number of hydrogen-bond donors (Lipinski definition) is 1. The Labute approximate surface area is 203 Å². The van der Waals surface area contributed by atoms with E-state index in [-0.39, 0.29) is 11.3 Å². The number of thiazole rings is 1. The van der Waals surface area contributed by atoms with Crippen LogP contribution in [-0.2, 0) is 16.8 Å². The first-order valence-electron chi connectivity index (χ1n) is 11.4. The van der Waals surface area contributed by atoms with Gasteiger partial charge in [-0.05, 0) is 43.2 Å². The van der Waals surface area contributed by atoms with E-state index in [4.69, 9.17) is 24.6 Å². The van der Waals surface area contributed by atoms with Gasteiger partial charge in [0.25, 0.3) is 0 Å². The SMILES string of the molecule is CC(C)(C)c1csc(-c2cc3cc(OCc4ccccc4OCCCCC(N)=O)ccc3o2)n1. The molecule has 0 atom stereocenters. The number of aromatic nitrogens is 1. The van der Waals surface area contributed by atoms with Crippen LogP contribution in [0.5, 0.6) is 11.5 Å². The highest BCUT2D eigenvalue weighted by Crippen LogP contribution is 2.34. The molecular formula is C27H30N2O4S. The number of carbonyl (C=O) groups is 1. The summed E-state index contributed by atoms with van der Waals surface area (Å²) in [5, 5.41) is 3.94. The predicted octanol–water partition coefficient (Wildman–Crippen LogP) is 6.47. The lowest BCUT2D eigenvalue weighted by Crippen LogP contribution is -2.11. The number of fused-ring (bicyclic) bond motifs is 1. The number of carbonyl (C=O) groups excluding carboxylic acids is 1. The number of furan rings is 1. The molecule has 0 saturated heterocycles. The van der Waals surface area contributed by atoms with E-state index >= 15 is 0 Å². The highest BCUT2D eigenvalue weighted by Gasteiger charge is 2.19. The molecule has 4 aromatic rings. The highest BCUT2D eigenvalue weighted by molar-refractivity contribution is 7.13. The van der Waals surface area contributed by atoms with Gasteiger partial charge in [-0.3, -0.25) is 4.79 Å². The fraction of sp³-hybridized carbons (Fsp3) is 0.333. The summed E-state index contributed by atoms with van der Waals surface area (Å²) in [5.74, 6) is 2.02. The first-order chi connectivity index (χ1) is 16.3. The van der Waals surface area contributed by atoms with E-state index in [1.807, 2.05) is 48.5 Å². The lowest BCUT2D eigenvalue weighted by Gasteiger charge is -2.13. The predicted molar refractivity (Wildman–Crippen MR) is 135 cm³/mol. The zero-order valence-corrected chi connectivity index (χ0v) is 20.6. The molecule has 178 valence electrons. The van der Waals surface area contributed by atoms with Crippen molar-refractivity contribution in [1.29, 1.82) is 0 Å². The van der Waals surface area contributed by atoms with E-state index in [9.17, 15) is 4.79 Å². The first-order valence-corrected chi connectivity index (χ1v) is 12.3. The second kappa shape index (κ2) is 10.3. The Morgan fingerprint density at radius 3 is 2.68 bits per heavy atom. The summed E-state index contributed by atoms with van der Waals surface area (Å²) in [4.78, 5) is 15.6. The summed E-state index contributed by atoms with van der Waals surface area (Å²) in [7, 11) is 0. The number of nitrogens with zero attached hydrogens (tertiary/aromatic N) is 1. The Bertz CT molecular complexity index is 1270. The molecule has 6 nitrogen and oxygen atoms in total. The lowest BCUT2D eigenvalue weighted by molar-refractivity contribution is -0.118. The normalized spacial score (nSPS) is 11.6. The number of ether oxygens (including phenoxy) is 2. The number of unbranched alkanes of at least 4 members (excludes halogenated alkanes) is 1. The Morgan fingerprint density at radius 1 is 1.09 bits per heavy atom. The van der Waals surface area contributed by atoms with Crippen LogP contribution in [0.15, 0.2) is 58.3 Å². The average molecular weight is 479 g/mol. The van der Waals surface area contributed by atoms with E-state index in [0.717, 1.165) is 57.3 Å². The topological polar surface area (TPSA) is 87.6 Å². The third-order valence-electron chi connectivity index (χ3n) is 5.41. The Kier molecular flexibility index (Phi) is 7.22. The van der Waals surface area contributed by atoms with Gasteiger partial charge in [0.1, 0.15) is 23.7 Å². The standard InChI is InChI=1S/C27H30N2O4S/c1-27(2,3)24-17-34-26(29-24)23-15-19-14-20(11-12-22(19)33-23)32-16-18-8-4-5-9-21(18)31-13-7-6-10-25(28)30/h4-5,8-9,11-12,14-15,17H,6-7,10,13,16H2,1-3H3,(H2,28,30). The molecule has 4 rings (SSSR count). The third-order valence-corrected chi connectivity index (χ3v) is 6.27. The van der Waals surface area contributed by atoms with Crippen LogP contribution in [0.3, 0.4) is 0 Å². The maximum absolute atomic E-state index is 10.9. The summed E-state index contributed by atoms with van der Waals surface area (Å²) in [5.41, 5.74) is 8.01. The molecule has 0 bridgehead atoms. The molecule has 0 aliphatic carbocycles. The molecule has 0 saturated carbocycles. The van der Waals surface area contributed by atoms with Gasteiger partial charge in [-0.25, -0.2) is 4.98 Å². The van der Waals surface area contributed by atoms with Crippen LogP contribution < -0.4 is 15.2 Å². The van der Waals surface area contributed by atoms with E-state index in [1.54, 1.807) is 11.3 Å². The van der Waals surface area contributed by atoms with Gasteiger partial charge in [0.2, 0.25) is 5.91 Å². The van der Waals surface area contributed by atoms with Crippen LogP contribution in [0, 0.1) is 0 Å². The van der Waals surface area contributed by atoms with Gasteiger partial charge in [0, 0.05) is 28.2 Å². The molecular weight excluding hydrogens is 448 g/mol. The molecule has 0 fully saturated rings. The van der Waals surface area contributed by atoms with Gasteiger partial charge >= 0.3 is 0 Å². The number of primary amides is 1. The summed E-state index contributed by atoms with van der Waals surface area (Å²) < 4.78 is 18.0. The fourth-order valence-electron chi connectivity index (χ4n) is 3.46. The second-order valence-corrected chi connectivity index (χ2v) is 10.1. The van der Waals surface area contributed by atoms with Crippen LogP contribution in [0.1, 0.15) is 51.3 Å². The zero-order valence-electron chi connectivity index (χ0n) is 19.8. The second-order valence-electron chi connectivity index (χ2n) is 9.27. The van der Waals surface area contributed by atoms with Gasteiger partial charge < -0.3 is 19.6 Å². The Hall–Kier alpha value is -3.32. The van der Waals surface area contributed by atoms with E-state index < -0.39 is 0 Å². The molecule has 0 aliphatic rings. The van der Waals surface area contributed by atoms with Crippen LogP contribution in [-0.4, -0.2) is 17.5 Å². The maximum atomic E-state index is 10.9. The highest BCUT2D eigenvalue weighted by atomic mass is 32.1. The Balaban J connectivity index is 1.41. The van der Waals surface area contributed by atoms with Gasteiger partial charge in [-0.15, -0.1) is 11.3 Å². The third kappa shape index (κ3) is 5.97. The van der Waals surface area contributed by atoms with Crippen molar-refractivity contribution in [2.45, 2.75) is 52.1 Å². The number of amides is 1. The Morgan fingerprint density at radius 2 is 1.91 bits per heavy atom. The van der Waals surface area contributed by atoms with Crippen molar-refractivity contribution in [3.05, 3.63) is 65.2 Å². The molecule has 34 heavy (non-hydrogen) atoms. The minimum absolute atomic E-state index is 0.00525.